The number of ether oxygens (including phenoxy) is 1. The van der Waals surface area contributed by atoms with E-state index in [1.807, 2.05) is 25.2 Å². The Morgan fingerprint density at radius 2 is 2.19 bits per heavy atom. The average Bonchev–Trinajstić information content (AvgIpc) is 2.26. The highest BCUT2D eigenvalue weighted by atomic mass is 16.5. The van der Waals surface area contributed by atoms with Crippen LogP contribution in [0.3, 0.4) is 0 Å². The molecule has 0 aromatic rings. The summed E-state index contributed by atoms with van der Waals surface area (Å²) in [7, 11) is 1.54. The topological polar surface area (TPSA) is 58.6 Å². The van der Waals surface area contributed by atoms with Gasteiger partial charge in [-0.25, -0.2) is 0 Å². The van der Waals surface area contributed by atoms with Crippen LogP contribution in [0.4, 0.5) is 0 Å². The summed E-state index contributed by atoms with van der Waals surface area (Å²) >= 11 is 0. The van der Waals surface area contributed by atoms with Crippen LogP contribution in [0.15, 0.2) is 36.1 Å². The van der Waals surface area contributed by atoms with E-state index in [0.717, 1.165) is 0 Å². The zero-order chi connectivity index (χ0) is 12.4. The minimum absolute atomic E-state index is 0.163. The van der Waals surface area contributed by atoms with Gasteiger partial charge in [0, 0.05) is 6.92 Å². The number of amides is 1. The minimum atomic E-state index is -0.428. The van der Waals surface area contributed by atoms with Crippen LogP contribution in [0.2, 0.25) is 0 Å². The number of rotatable bonds is 6. The summed E-state index contributed by atoms with van der Waals surface area (Å²) in [6.07, 6.45) is 8.98. The van der Waals surface area contributed by atoms with Gasteiger partial charge in [0.05, 0.1) is 19.8 Å². The van der Waals surface area contributed by atoms with Crippen LogP contribution in [0.5, 0.6) is 0 Å². The van der Waals surface area contributed by atoms with Gasteiger partial charge >= 0.3 is 0 Å². The molecule has 0 saturated heterocycles. The van der Waals surface area contributed by atoms with Crippen LogP contribution in [0, 0.1) is 0 Å². The molecule has 0 aliphatic rings. The van der Waals surface area contributed by atoms with E-state index in [0.29, 0.717) is 5.76 Å². The first-order valence-corrected chi connectivity index (χ1v) is 5.07. The maximum absolute atomic E-state index is 10.8. The normalized spacial score (nSPS) is 14.4. The molecular weight excluding hydrogens is 206 g/mol. The number of carbonyl (C=O) groups excluding carboxylic acids is 1. The van der Waals surface area contributed by atoms with Gasteiger partial charge in [-0.1, -0.05) is 18.2 Å². The molecule has 0 aliphatic carbocycles. The van der Waals surface area contributed by atoms with Crippen molar-refractivity contribution in [3.8, 4) is 0 Å². The van der Waals surface area contributed by atoms with E-state index in [2.05, 4.69) is 5.32 Å². The zero-order valence-corrected chi connectivity index (χ0v) is 9.93. The fraction of sp³-hybridized carbons (Fsp3) is 0.417. The van der Waals surface area contributed by atoms with Crippen molar-refractivity contribution in [2.75, 3.05) is 13.7 Å². The molecule has 0 fully saturated rings. The number of hydrogen-bond donors (Lipinski definition) is 2. The summed E-state index contributed by atoms with van der Waals surface area (Å²) in [5.74, 6) is 0.397. The van der Waals surface area contributed by atoms with Crippen molar-refractivity contribution in [2.45, 2.75) is 19.9 Å². The molecule has 0 aliphatic heterocycles. The molecule has 4 nitrogen and oxygen atoms in total. The van der Waals surface area contributed by atoms with E-state index in [-0.39, 0.29) is 12.5 Å². The molecule has 2 N–H and O–H groups in total. The number of allylic oxidation sites excluding steroid dienone is 4. The standard InChI is InChI=1S/C12H19NO3/c1-4-5-6-7-12(16-3)8-11(9-14)13-10(2)15/h4-8,11,14H,9H2,1-3H3,(H,13,15)/b5-4-,7-6-,12-8-/t11-/m0/s1. The summed E-state index contributed by atoms with van der Waals surface area (Å²) in [5.41, 5.74) is 0. The van der Waals surface area contributed by atoms with Crippen molar-refractivity contribution in [3.05, 3.63) is 36.1 Å². The summed E-state index contributed by atoms with van der Waals surface area (Å²) < 4.78 is 5.09. The molecule has 4 heteroatoms. The van der Waals surface area contributed by atoms with E-state index < -0.39 is 6.04 Å². The van der Waals surface area contributed by atoms with E-state index in [4.69, 9.17) is 9.84 Å². The summed E-state index contributed by atoms with van der Waals surface area (Å²) in [5, 5.41) is 11.6. The van der Waals surface area contributed by atoms with Crippen LogP contribution in [-0.2, 0) is 9.53 Å². The van der Waals surface area contributed by atoms with Crippen LogP contribution in [-0.4, -0.2) is 30.8 Å². The van der Waals surface area contributed by atoms with Crippen molar-refractivity contribution in [1.82, 2.24) is 5.32 Å². The number of hydrogen-bond acceptors (Lipinski definition) is 3. The van der Waals surface area contributed by atoms with Crippen LogP contribution in [0.1, 0.15) is 13.8 Å². The third kappa shape index (κ3) is 6.84. The van der Waals surface area contributed by atoms with Gasteiger partial charge in [-0.05, 0) is 19.1 Å². The molecule has 0 aromatic carbocycles. The molecule has 0 spiro atoms. The molecule has 0 saturated carbocycles. The van der Waals surface area contributed by atoms with Crippen molar-refractivity contribution in [3.63, 3.8) is 0 Å². The second-order valence-corrected chi connectivity index (χ2v) is 3.15. The quantitative estimate of drug-likeness (QED) is 0.526. The van der Waals surface area contributed by atoms with Crippen LogP contribution < -0.4 is 5.32 Å². The predicted octanol–water partition coefficient (Wildman–Crippen LogP) is 1.15. The third-order valence-corrected chi connectivity index (χ3v) is 1.75. The first-order valence-electron chi connectivity index (χ1n) is 5.07. The molecule has 90 valence electrons. The Bertz CT molecular complexity index is 293. The van der Waals surface area contributed by atoms with Crippen molar-refractivity contribution in [2.24, 2.45) is 0 Å². The van der Waals surface area contributed by atoms with Gasteiger partial charge in [0.1, 0.15) is 5.76 Å². The van der Waals surface area contributed by atoms with Crippen molar-refractivity contribution in [1.29, 1.82) is 0 Å². The Labute approximate surface area is 96.3 Å². The lowest BCUT2D eigenvalue weighted by Gasteiger charge is -2.11. The molecule has 0 unspecified atom stereocenters. The highest BCUT2D eigenvalue weighted by molar-refractivity contribution is 5.73. The maximum Gasteiger partial charge on any atom is 0.217 e. The lowest BCUT2D eigenvalue weighted by molar-refractivity contribution is -0.119. The van der Waals surface area contributed by atoms with E-state index in [1.165, 1.54) is 14.0 Å². The Morgan fingerprint density at radius 3 is 2.62 bits per heavy atom. The maximum atomic E-state index is 10.8. The van der Waals surface area contributed by atoms with Gasteiger partial charge in [-0.2, -0.15) is 0 Å². The molecule has 1 atom stereocenters. The molecule has 0 bridgehead atoms. The number of aliphatic hydroxyl groups excluding tert-OH is 1. The molecule has 0 radical (unpaired) electrons. The first kappa shape index (κ1) is 14.5. The number of aliphatic hydroxyl groups is 1. The summed E-state index contributed by atoms with van der Waals surface area (Å²) in [6, 6.07) is -0.428. The molecular formula is C12H19NO3. The number of methoxy groups -OCH3 is 1. The SMILES string of the molecule is C\C=C/C=C\C(=C\[C@@H](CO)NC(C)=O)OC. The summed E-state index contributed by atoms with van der Waals surface area (Å²) in [6.45, 7) is 3.15. The second kappa shape index (κ2) is 8.73. The Morgan fingerprint density at radius 1 is 1.50 bits per heavy atom. The fourth-order valence-corrected chi connectivity index (χ4v) is 1.05. The van der Waals surface area contributed by atoms with E-state index in [9.17, 15) is 4.79 Å². The predicted molar refractivity (Wildman–Crippen MR) is 63.7 cm³/mol. The van der Waals surface area contributed by atoms with Crippen molar-refractivity contribution >= 4 is 5.91 Å². The Hall–Kier alpha value is -1.55. The van der Waals surface area contributed by atoms with Crippen LogP contribution in [0.25, 0.3) is 0 Å². The largest absolute Gasteiger partial charge is 0.497 e. The molecule has 0 heterocycles. The van der Waals surface area contributed by atoms with Crippen LogP contribution >= 0.6 is 0 Å². The fourth-order valence-electron chi connectivity index (χ4n) is 1.05. The lowest BCUT2D eigenvalue weighted by atomic mass is 10.2. The highest BCUT2D eigenvalue weighted by Crippen LogP contribution is 2.01. The van der Waals surface area contributed by atoms with Gasteiger partial charge in [-0.3, -0.25) is 4.79 Å². The smallest absolute Gasteiger partial charge is 0.217 e. The number of nitrogens with one attached hydrogen (secondary N) is 1. The third-order valence-electron chi connectivity index (χ3n) is 1.75. The second-order valence-electron chi connectivity index (χ2n) is 3.15. The van der Waals surface area contributed by atoms with Gasteiger partial charge in [0.25, 0.3) is 0 Å². The van der Waals surface area contributed by atoms with E-state index in [1.54, 1.807) is 12.2 Å². The Balaban J connectivity index is 4.56. The molecule has 16 heavy (non-hydrogen) atoms. The minimum Gasteiger partial charge on any atom is -0.497 e. The molecule has 0 rings (SSSR count). The van der Waals surface area contributed by atoms with Crippen molar-refractivity contribution < 1.29 is 14.6 Å². The highest BCUT2D eigenvalue weighted by Gasteiger charge is 2.05. The lowest BCUT2D eigenvalue weighted by Crippen LogP contribution is -2.34. The van der Waals surface area contributed by atoms with Gasteiger partial charge in [0.2, 0.25) is 5.91 Å². The van der Waals surface area contributed by atoms with Gasteiger partial charge in [-0.15, -0.1) is 0 Å². The Kier molecular flexibility index (Phi) is 7.89. The van der Waals surface area contributed by atoms with Gasteiger partial charge < -0.3 is 15.2 Å². The first-order chi connectivity index (χ1) is 7.63. The number of carbonyl (C=O) groups is 1. The summed E-state index contributed by atoms with van der Waals surface area (Å²) in [4.78, 5) is 10.8. The zero-order valence-electron chi connectivity index (χ0n) is 9.93. The molecule has 1 amide bonds. The van der Waals surface area contributed by atoms with Gasteiger partial charge in [0.15, 0.2) is 0 Å². The molecule has 0 aromatic heterocycles. The monoisotopic (exact) mass is 225 g/mol. The average molecular weight is 225 g/mol. The van der Waals surface area contributed by atoms with E-state index >= 15 is 0 Å².